The van der Waals surface area contributed by atoms with E-state index in [0.717, 1.165) is 103 Å². The van der Waals surface area contributed by atoms with E-state index in [2.05, 4.69) is 27.7 Å². The molecule has 0 amide bonds. The highest BCUT2D eigenvalue weighted by atomic mass is 31.2. The molecular weight excluding hydrogens is 1160 g/mol. The fourth-order valence-electron chi connectivity index (χ4n) is 10.5. The van der Waals surface area contributed by atoms with Gasteiger partial charge in [0.25, 0.3) is 0 Å². The minimum atomic E-state index is -4.95. The van der Waals surface area contributed by atoms with E-state index in [4.69, 9.17) is 37.0 Å². The molecule has 0 bridgehead atoms. The van der Waals surface area contributed by atoms with Gasteiger partial charge in [0.2, 0.25) is 0 Å². The van der Waals surface area contributed by atoms with Crippen LogP contribution in [0, 0.1) is 0 Å². The average molecular weight is 1300 g/mol. The number of aliphatic hydroxyl groups is 1. The van der Waals surface area contributed by atoms with E-state index in [9.17, 15) is 43.2 Å². The van der Waals surface area contributed by atoms with E-state index in [1.54, 1.807) is 0 Å². The molecule has 0 rings (SSSR count). The standard InChI is InChI=1S/C69H134O17P2/c1-5-9-13-17-21-25-27-28-29-30-31-32-33-34-35-36-38-40-44-48-52-56-69(74)86-65(60-80-67(72)54-50-46-43-39-37-26-22-18-14-10-6-2)62-84-88(77,78)82-58-63(70)57-81-87(75,76)83-61-64(85-68(73)55-51-47-42-24-20-16-12-8-4)59-79-66(71)53-49-45-41-23-19-15-11-7-3/h63-65,70H,5-62H2,1-4H3,(H,75,76)(H,77,78)/t63-,64+,65+/m0/s1. The van der Waals surface area contributed by atoms with Crippen molar-refractivity contribution in [3.05, 3.63) is 0 Å². The largest absolute Gasteiger partial charge is 0.472 e. The predicted octanol–water partition coefficient (Wildman–Crippen LogP) is 19.9. The highest BCUT2D eigenvalue weighted by Gasteiger charge is 2.30. The summed E-state index contributed by atoms with van der Waals surface area (Å²) in [4.78, 5) is 72.2. The van der Waals surface area contributed by atoms with Crippen LogP contribution in [0.15, 0.2) is 0 Å². The van der Waals surface area contributed by atoms with Gasteiger partial charge in [-0.25, -0.2) is 9.13 Å². The first kappa shape index (κ1) is 86.1. The molecule has 522 valence electrons. The van der Waals surface area contributed by atoms with Crippen LogP contribution in [0.2, 0.25) is 0 Å². The highest BCUT2D eigenvalue weighted by molar-refractivity contribution is 7.47. The van der Waals surface area contributed by atoms with Gasteiger partial charge in [0.05, 0.1) is 26.4 Å². The van der Waals surface area contributed by atoms with E-state index >= 15 is 0 Å². The molecule has 0 aromatic rings. The molecule has 0 fully saturated rings. The fourth-order valence-corrected chi connectivity index (χ4v) is 12.1. The van der Waals surface area contributed by atoms with Crippen LogP contribution in [0.3, 0.4) is 0 Å². The maximum Gasteiger partial charge on any atom is 0.472 e. The summed E-state index contributed by atoms with van der Waals surface area (Å²) < 4.78 is 68.0. The molecule has 0 aromatic carbocycles. The van der Waals surface area contributed by atoms with Crippen LogP contribution in [-0.2, 0) is 65.4 Å². The van der Waals surface area contributed by atoms with Crippen LogP contribution in [0.1, 0.15) is 362 Å². The molecule has 0 aromatic heterocycles. The maximum atomic E-state index is 13.0. The van der Waals surface area contributed by atoms with Gasteiger partial charge in [-0.3, -0.25) is 37.3 Å². The number of hydrogen-bond acceptors (Lipinski definition) is 15. The van der Waals surface area contributed by atoms with Gasteiger partial charge in [-0.2, -0.15) is 0 Å². The molecule has 0 radical (unpaired) electrons. The van der Waals surface area contributed by atoms with Gasteiger partial charge in [0, 0.05) is 25.7 Å². The zero-order valence-corrected chi connectivity index (χ0v) is 58.5. The van der Waals surface area contributed by atoms with E-state index < -0.39 is 97.5 Å². The van der Waals surface area contributed by atoms with Crippen molar-refractivity contribution in [3.8, 4) is 0 Å². The van der Waals surface area contributed by atoms with E-state index in [1.807, 2.05) is 0 Å². The first-order chi connectivity index (χ1) is 42.7. The Morgan fingerprint density at radius 3 is 0.670 bits per heavy atom. The van der Waals surface area contributed by atoms with Gasteiger partial charge in [-0.1, -0.05) is 310 Å². The van der Waals surface area contributed by atoms with Gasteiger partial charge in [-0.05, 0) is 25.7 Å². The van der Waals surface area contributed by atoms with Gasteiger partial charge < -0.3 is 33.8 Å². The summed E-state index contributed by atoms with van der Waals surface area (Å²) in [5, 5.41) is 10.5. The lowest BCUT2D eigenvalue weighted by atomic mass is 10.0. The first-order valence-corrected chi connectivity index (χ1v) is 39.3. The summed E-state index contributed by atoms with van der Waals surface area (Å²) in [5.74, 6) is -2.13. The average Bonchev–Trinajstić information content (AvgIpc) is 3.58. The van der Waals surface area contributed by atoms with E-state index in [-0.39, 0.29) is 25.7 Å². The van der Waals surface area contributed by atoms with Gasteiger partial charge in [0.15, 0.2) is 12.2 Å². The molecule has 0 aliphatic carbocycles. The number of ether oxygens (including phenoxy) is 4. The molecule has 17 nitrogen and oxygen atoms in total. The van der Waals surface area contributed by atoms with Crippen molar-refractivity contribution in [2.75, 3.05) is 39.6 Å². The number of aliphatic hydroxyl groups excluding tert-OH is 1. The minimum Gasteiger partial charge on any atom is -0.462 e. The second-order valence-corrected chi connectivity index (χ2v) is 27.8. The number of phosphoric ester groups is 2. The predicted molar refractivity (Wildman–Crippen MR) is 354 cm³/mol. The second kappa shape index (κ2) is 63.8. The Labute approximate surface area is 537 Å². The van der Waals surface area contributed by atoms with Gasteiger partial charge >= 0.3 is 39.5 Å². The molecule has 5 atom stereocenters. The minimum absolute atomic E-state index is 0.105. The number of unbranched alkanes of at least 4 members (excludes halogenated alkanes) is 44. The molecule has 2 unspecified atom stereocenters. The third-order valence-electron chi connectivity index (χ3n) is 16.1. The van der Waals surface area contributed by atoms with Crippen LogP contribution in [-0.4, -0.2) is 96.7 Å². The van der Waals surface area contributed by atoms with Crippen molar-refractivity contribution in [2.45, 2.75) is 380 Å². The van der Waals surface area contributed by atoms with E-state index in [0.29, 0.717) is 25.7 Å². The number of carbonyl (C=O) groups excluding carboxylic acids is 4. The van der Waals surface area contributed by atoms with Crippen LogP contribution in [0.5, 0.6) is 0 Å². The molecule has 0 saturated heterocycles. The summed E-state index contributed by atoms with van der Waals surface area (Å²) in [6.07, 6.45) is 51.6. The Kier molecular flexibility index (Phi) is 62.4. The summed E-state index contributed by atoms with van der Waals surface area (Å²) in [7, 11) is -9.88. The number of carbonyl (C=O) groups is 4. The van der Waals surface area contributed by atoms with Crippen LogP contribution >= 0.6 is 15.6 Å². The van der Waals surface area contributed by atoms with Crippen molar-refractivity contribution in [2.24, 2.45) is 0 Å². The Balaban J connectivity index is 5.11. The summed E-state index contributed by atoms with van der Waals surface area (Å²) in [5.41, 5.74) is 0. The van der Waals surface area contributed by atoms with Crippen LogP contribution < -0.4 is 0 Å². The monoisotopic (exact) mass is 1300 g/mol. The van der Waals surface area contributed by atoms with Crippen molar-refractivity contribution in [1.29, 1.82) is 0 Å². The lowest BCUT2D eigenvalue weighted by Crippen LogP contribution is -2.30. The molecule has 19 heteroatoms. The molecule has 88 heavy (non-hydrogen) atoms. The smallest absolute Gasteiger partial charge is 0.462 e. The molecular formula is C69H134O17P2. The van der Waals surface area contributed by atoms with Gasteiger partial charge in [0.1, 0.15) is 19.3 Å². The SMILES string of the molecule is CCCCCCCCCCCCCCCCCCCCCCCC(=O)O[C@H](COC(=O)CCCCCCCCCCCCC)COP(=O)(O)OC[C@@H](O)COP(=O)(O)OC[C@@H](COC(=O)CCCCCCCCCC)OC(=O)CCCCCCCCCC. The summed E-state index contributed by atoms with van der Waals surface area (Å²) >= 11 is 0. The number of rotatable bonds is 70. The number of phosphoric acid groups is 2. The fraction of sp³-hybridized carbons (Fsp3) is 0.942. The van der Waals surface area contributed by atoms with Crippen LogP contribution in [0.25, 0.3) is 0 Å². The molecule has 0 spiro atoms. The number of hydrogen-bond donors (Lipinski definition) is 3. The first-order valence-electron chi connectivity index (χ1n) is 36.3. The summed E-state index contributed by atoms with van der Waals surface area (Å²) in [6, 6.07) is 0. The van der Waals surface area contributed by atoms with Gasteiger partial charge in [-0.15, -0.1) is 0 Å². The zero-order chi connectivity index (χ0) is 64.7. The molecule has 0 heterocycles. The molecule has 0 aliphatic heterocycles. The van der Waals surface area contributed by atoms with E-state index in [1.165, 1.54) is 180 Å². The third kappa shape index (κ3) is 62.8. The van der Waals surface area contributed by atoms with Crippen LogP contribution in [0.4, 0.5) is 0 Å². The zero-order valence-electron chi connectivity index (χ0n) is 56.7. The van der Waals surface area contributed by atoms with Crippen molar-refractivity contribution < 1.29 is 80.2 Å². The highest BCUT2D eigenvalue weighted by Crippen LogP contribution is 2.45. The van der Waals surface area contributed by atoms with Crippen molar-refractivity contribution in [1.82, 2.24) is 0 Å². The quantitative estimate of drug-likeness (QED) is 0.0222. The Bertz CT molecular complexity index is 1690. The van der Waals surface area contributed by atoms with Crippen molar-refractivity contribution >= 4 is 39.5 Å². The van der Waals surface area contributed by atoms with Crippen molar-refractivity contribution in [3.63, 3.8) is 0 Å². The third-order valence-corrected chi connectivity index (χ3v) is 18.0. The topological polar surface area (TPSA) is 237 Å². The Morgan fingerprint density at radius 1 is 0.273 bits per heavy atom. The Morgan fingerprint density at radius 2 is 0.455 bits per heavy atom. The lowest BCUT2D eigenvalue weighted by Gasteiger charge is -2.21. The number of esters is 4. The molecule has 3 N–H and O–H groups in total. The molecule has 0 aliphatic rings. The Hall–Kier alpha value is -1.94. The molecule has 0 saturated carbocycles. The summed E-state index contributed by atoms with van der Waals surface area (Å²) in [6.45, 7) is 4.87. The normalized spacial score (nSPS) is 14.0. The second-order valence-electron chi connectivity index (χ2n) is 24.9. The lowest BCUT2D eigenvalue weighted by molar-refractivity contribution is -0.161. The maximum absolute atomic E-state index is 13.0.